The molecule has 4 nitrogen and oxygen atoms in total. The molecular formula is C16H13NO3. The van der Waals surface area contributed by atoms with E-state index in [1.165, 1.54) is 0 Å². The molecule has 20 heavy (non-hydrogen) atoms. The fourth-order valence-corrected chi connectivity index (χ4v) is 2.21. The molecule has 3 aromatic rings. The molecule has 0 unspecified atom stereocenters. The first-order valence-corrected chi connectivity index (χ1v) is 6.18. The second-order valence-electron chi connectivity index (χ2n) is 4.52. The summed E-state index contributed by atoms with van der Waals surface area (Å²) in [5.41, 5.74) is 3.01. The molecule has 1 heterocycles. The second kappa shape index (κ2) is 4.74. The Hall–Kier alpha value is -2.75. The molecule has 0 aliphatic carbocycles. The van der Waals surface area contributed by atoms with E-state index in [0.717, 1.165) is 27.9 Å². The molecule has 0 saturated heterocycles. The minimum absolute atomic E-state index is 0.275. The number of fused-ring (bicyclic) bond motifs is 1. The van der Waals surface area contributed by atoms with Crippen molar-refractivity contribution in [3.05, 3.63) is 54.1 Å². The fourth-order valence-electron chi connectivity index (χ4n) is 2.21. The highest BCUT2D eigenvalue weighted by atomic mass is 16.5. The molecule has 0 spiro atoms. The number of aromatic amines is 1. The molecule has 0 aliphatic rings. The fraction of sp³-hybridized carbons (Fsp3) is 0.0625. The summed E-state index contributed by atoms with van der Waals surface area (Å²) in [5.74, 6) is -0.142. The molecule has 0 radical (unpaired) electrons. The van der Waals surface area contributed by atoms with Crippen LogP contribution in [0.5, 0.6) is 5.75 Å². The van der Waals surface area contributed by atoms with E-state index in [1.54, 1.807) is 25.3 Å². The summed E-state index contributed by atoms with van der Waals surface area (Å²) in [6.07, 6.45) is 0. The van der Waals surface area contributed by atoms with Gasteiger partial charge >= 0.3 is 5.97 Å². The third-order valence-electron chi connectivity index (χ3n) is 3.25. The summed E-state index contributed by atoms with van der Waals surface area (Å²) >= 11 is 0. The van der Waals surface area contributed by atoms with Crippen molar-refractivity contribution in [2.24, 2.45) is 0 Å². The zero-order valence-electron chi connectivity index (χ0n) is 10.9. The smallest absolute Gasteiger partial charge is 0.335 e. The first-order chi connectivity index (χ1) is 9.67. The van der Waals surface area contributed by atoms with E-state index in [-0.39, 0.29) is 5.56 Å². The Bertz CT molecular complexity index is 789. The predicted molar refractivity (Wildman–Crippen MR) is 77.2 cm³/mol. The molecule has 3 rings (SSSR count). The van der Waals surface area contributed by atoms with Crippen molar-refractivity contribution in [2.45, 2.75) is 0 Å². The summed E-state index contributed by atoms with van der Waals surface area (Å²) in [5, 5.41) is 9.99. The first-order valence-electron chi connectivity index (χ1n) is 6.18. The number of carboxylic acids is 1. The molecule has 0 bridgehead atoms. The lowest BCUT2D eigenvalue weighted by Crippen LogP contribution is -1.94. The van der Waals surface area contributed by atoms with Gasteiger partial charge in [-0.25, -0.2) is 4.79 Å². The summed E-state index contributed by atoms with van der Waals surface area (Å²) in [4.78, 5) is 14.2. The van der Waals surface area contributed by atoms with Crippen LogP contribution in [-0.4, -0.2) is 23.2 Å². The number of benzene rings is 2. The van der Waals surface area contributed by atoms with Crippen LogP contribution in [0.4, 0.5) is 0 Å². The summed E-state index contributed by atoms with van der Waals surface area (Å²) < 4.78 is 5.21. The van der Waals surface area contributed by atoms with E-state index in [0.29, 0.717) is 0 Å². The normalized spacial score (nSPS) is 10.7. The Balaban J connectivity index is 2.10. The van der Waals surface area contributed by atoms with E-state index >= 15 is 0 Å². The van der Waals surface area contributed by atoms with Crippen LogP contribution in [0, 0.1) is 0 Å². The molecule has 2 N–H and O–H groups in total. The van der Waals surface area contributed by atoms with Crippen molar-refractivity contribution in [2.75, 3.05) is 7.11 Å². The Labute approximate surface area is 115 Å². The zero-order chi connectivity index (χ0) is 14.1. The Kier molecular flexibility index (Phi) is 2.91. The number of aromatic nitrogens is 1. The summed E-state index contributed by atoms with van der Waals surface area (Å²) in [6.45, 7) is 0. The van der Waals surface area contributed by atoms with Crippen LogP contribution in [0.1, 0.15) is 10.4 Å². The van der Waals surface area contributed by atoms with Gasteiger partial charge < -0.3 is 14.8 Å². The minimum atomic E-state index is -0.926. The maximum absolute atomic E-state index is 11.0. The minimum Gasteiger partial charge on any atom is -0.497 e. The van der Waals surface area contributed by atoms with E-state index < -0.39 is 5.97 Å². The van der Waals surface area contributed by atoms with Gasteiger partial charge in [0.2, 0.25) is 0 Å². The van der Waals surface area contributed by atoms with Gasteiger partial charge in [0.15, 0.2) is 0 Å². The molecule has 1 aromatic heterocycles. The van der Waals surface area contributed by atoms with Crippen molar-refractivity contribution in [3.63, 3.8) is 0 Å². The van der Waals surface area contributed by atoms with Gasteiger partial charge in [-0.3, -0.25) is 0 Å². The van der Waals surface area contributed by atoms with Crippen molar-refractivity contribution in [3.8, 4) is 17.0 Å². The monoisotopic (exact) mass is 267 g/mol. The Morgan fingerprint density at radius 1 is 1.15 bits per heavy atom. The first kappa shape index (κ1) is 12.3. The van der Waals surface area contributed by atoms with Gasteiger partial charge in [0.05, 0.1) is 12.7 Å². The topological polar surface area (TPSA) is 62.3 Å². The molecule has 0 amide bonds. The van der Waals surface area contributed by atoms with Crippen LogP contribution >= 0.6 is 0 Å². The second-order valence-corrected chi connectivity index (χ2v) is 4.52. The number of carboxylic acid groups (broad SMARTS) is 1. The van der Waals surface area contributed by atoms with Gasteiger partial charge in [-0.05, 0) is 30.3 Å². The van der Waals surface area contributed by atoms with Crippen LogP contribution in [-0.2, 0) is 0 Å². The van der Waals surface area contributed by atoms with Crippen molar-refractivity contribution < 1.29 is 14.6 Å². The van der Waals surface area contributed by atoms with Crippen LogP contribution in [0.25, 0.3) is 22.2 Å². The Morgan fingerprint density at radius 2 is 2.00 bits per heavy atom. The molecule has 2 aromatic carbocycles. The number of hydrogen-bond donors (Lipinski definition) is 2. The third-order valence-corrected chi connectivity index (χ3v) is 3.25. The van der Waals surface area contributed by atoms with Crippen LogP contribution in [0.2, 0.25) is 0 Å². The van der Waals surface area contributed by atoms with Gasteiger partial charge in [0.1, 0.15) is 5.75 Å². The summed E-state index contributed by atoms with van der Waals surface area (Å²) in [6, 6.07) is 14.8. The molecule has 4 heteroatoms. The van der Waals surface area contributed by atoms with Crippen LogP contribution in [0.3, 0.4) is 0 Å². The molecule has 0 aliphatic heterocycles. The maximum atomic E-state index is 11.0. The molecule has 0 atom stereocenters. The maximum Gasteiger partial charge on any atom is 0.335 e. The standard InChI is InChI=1S/C16H13NO3/c1-20-13-4-2-3-10(7-13)14-8-11-5-6-12(16(18)19)9-15(11)17-14/h2-9,17H,1H3,(H,18,19). The lowest BCUT2D eigenvalue weighted by Gasteiger charge is -2.02. The highest BCUT2D eigenvalue weighted by molar-refractivity contribution is 5.94. The van der Waals surface area contributed by atoms with Gasteiger partial charge in [-0.15, -0.1) is 0 Å². The van der Waals surface area contributed by atoms with Crippen LogP contribution in [0.15, 0.2) is 48.5 Å². The lowest BCUT2D eigenvalue weighted by atomic mass is 10.1. The highest BCUT2D eigenvalue weighted by Crippen LogP contribution is 2.27. The molecular weight excluding hydrogens is 254 g/mol. The number of H-pyrrole nitrogens is 1. The number of rotatable bonds is 3. The van der Waals surface area contributed by atoms with Crippen molar-refractivity contribution >= 4 is 16.9 Å². The largest absolute Gasteiger partial charge is 0.497 e. The van der Waals surface area contributed by atoms with Gasteiger partial charge in [0, 0.05) is 22.2 Å². The van der Waals surface area contributed by atoms with E-state index in [4.69, 9.17) is 9.84 Å². The number of ether oxygens (including phenoxy) is 1. The third kappa shape index (κ3) is 2.12. The zero-order valence-corrected chi connectivity index (χ0v) is 10.9. The number of carbonyl (C=O) groups is 1. The van der Waals surface area contributed by atoms with Crippen molar-refractivity contribution in [1.82, 2.24) is 4.98 Å². The molecule has 0 saturated carbocycles. The number of aromatic carboxylic acids is 1. The number of methoxy groups -OCH3 is 1. The lowest BCUT2D eigenvalue weighted by molar-refractivity contribution is 0.0697. The van der Waals surface area contributed by atoms with Gasteiger partial charge in [-0.1, -0.05) is 18.2 Å². The Morgan fingerprint density at radius 3 is 2.75 bits per heavy atom. The van der Waals surface area contributed by atoms with E-state index in [1.807, 2.05) is 30.3 Å². The number of nitrogens with one attached hydrogen (secondary N) is 1. The van der Waals surface area contributed by atoms with Gasteiger partial charge in [0.25, 0.3) is 0 Å². The average molecular weight is 267 g/mol. The van der Waals surface area contributed by atoms with Gasteiger partial charge in [-0.2, -0.15) is 0 Å². The predicted octanol–water partition coefficient (Wildman–Crippen LogP) is 3.54. The highest BCUT2D eigenvalue weighted by Gasteiger charge is 2.08. The number of hydrogen-bond acceptors (Lipinski definition) is 2. The van der Waals surface area contributed by atoms with Crippen LogP contribution < -0.4 is 4.74 Å². The molecule has 0 fully saturated rings. The van der Waals surface area contributed by atoms with E-state index in [2.05, 4.69) is 4.98 Å². The molecule has 100 valence electrons. The average Bonchev–Trinajstić information content (AvgIpc) is 2.90. The summed E-state index contributed by atoms with van der Waals surface area (Å²) in [7, 11) is 1.63. The van der Waals surface area contributed by atoms with E-state index in [9.17, 15) is 4.79 Å². The quantitative estimate of drug-likeness (QED) is 0.763. The SMILES string of the molecule is COc1cccc(-c2cc3ccc(C(=O)O)cc3[nH]2)c1. The van der Waals surface area contributed by atoms with Crippen molar-refractivity contribution in [1.29, 1.82) is 0 Å².